The molecule has 0 unspecified atom stereocenters. The van der Waals surface area contributed by atoms with Gasteiger partial charge in [-0.2, -0.15) is 0 Å². The summed E-state index contributed by atoms with van der Waals surface area (Å²) >= 11 is 1.15. The first-order valence-corrected chi connectivity index (χ1v) is 6.38. The van der Waals surface area contributed by atoms with Crippen LogP contribution in [0, 0.1) is 0 Å². The number of esters is 1. The first-order chi connectivity index (χ1) is 7.20. The molecule has 0 fully saturated rings. The van der Waals surface area contributed by atoms with Gasteiger partial charge in [0.2, 0.25) is 0 Å². The van der Waals surface area contributed by atoms with Gasteiger partial charge in [-0.05, 0) is 0 Å². The molecule has 2 radical (unpaired) electrons. The molecule has 78 valence electrons. The van der Waals surface area contributed by atoms with E-state index in [0.717, 1.165) is 42.3 Å². The van der Waals surface area contributed by atoms with E-state index in [-0.39, 0.29) is 5.97 Å². The van der Waals surface area contributed by atoms with E-state index in [1.54, 1.807) is 0 Å². The van der Waals surface area contributed by atoms with E-state index < -0.39 is 0 Å². The molecule has 0 bridgehead atoms. The summed E-state index contributed by atoms with van der Waals surface area (Å²) in [7, 11) is 1.42. The van der Waals surface area contributed by atoms with Gasteiger partial charge >= 0.3 is 103 Å². The number of methoxy groups -OCH3 is 1. The molecule has 1 aliphatic heterocycles. The molecule has 1 aliphatic rings. The summed E-state index contributed by atoms with van der Waals surface area (Å²) in [6.07, 6.45) is 1.10. The first kappa shape index (κ1) is 10.9. The predicted octanol–water partition coefficient (Wildman–Crippen LogP) is 0.647. The maximum absolute atomic E-state index is 11.4. The summed E-state index contributed by atoms with van der Waals surface area (Å²) in [4.78, 5) is 11.4. The molecule has 1 aromatic rings. The second-order valence-corrected chi connectivity index (χ2v) is 5.78. The molecule has 0 spiro atoms. The standard InChI is InChI=1S/C11H12NO2.Sn.H/c1-14-11(13)9-3-2-8-4-5-12-7-10(8)6-9;;/h2-3,6H,4-5,7H2,1H3;;/q-1;+1;. The van der Waals surface area contributed by atoms with Crippen molar-refractivity contribution in [2.75, 3.05) is 13.7 Å². The average molecular weight is 310 g/mol. The summed E-state index contributed by atoms with van der Waals surface area (Å²) in [6, 6.07) is 5.87. The third-order valence-corrected chi connectivity index (χ3v) is 3.93. The van der Waals surface area contributed by atoms with E-state index in [4.69, 9.17) is 4.74 Å². The summed E-state index contributed by atoms with van der Waals surface area (Å²) < 4.78 is 7.09. The van der Waals surface area contributed by atoms with Gasteiger partial charge in [-0.1, -0.05) is 0 Å². The van der Waals surface area contributed by atoms with Crippen molar-refractivity contribution < 1.29 is 9.53 Å². The van der Waals surface area contributed by atoms with Crippen LogP contribution in [0.4, 0.5) is 0 Å². The van der Waals surface area contributed by atoms with Crippen LogP contribution in [-0.4, -0.2) is 45.5 Å². The van der Waals surface area contributed by atoms with E-state index in [0.29, 0.717) is 5.56 Å². The van der Waals surface area contributed by atoms with Crippen LogP contribution in [0.15, 0.2) is 18.2 Å². The van der Waals surface area contributed by atoms with E-state index in [9.17, 15) is 4.79 Å². The number of hydrogen-bond donors (Lipinski definition) is 0. The van der Waals surface area contributed by atoms with Gasteiger partial charge in [0.15, 0.2) is 0 Å². The molecule has 3 nitrogen and oxygen atoms in total. The Morgan fingerprint density at radius 2 is 2.27 bits per heavy atom. The summed E-state index contributed by atoms with van der Waals surface area (Å²) in [6.45, 7) is 2.12. The number of carbonyl (C=O) groups excluding carboxylic acids is 1. The monoisotopic (exact) mass is 311 g/mol. The fourth-order valence-corrected chi connectivity index (χ4v) is 2.75. The molecule has 0 amide bonds. The zero-order valence-corrected chi connectivity index (χ0v) is 12.0. The van der Waals surface area contributed by atoms with Gasteiger partial charge < -0.3 is 0 Å². The first-order valence-electron chi connectivity index (χ1n) is 4.90. The summed E-state index contributed by atoms with van der Waals surface area (Å²) in [5.74, 6) is -0.248. The SMILES string of the molecule is COC(=O)c1ccc2c(c1)C[N]([SnH])CC2. The van der Waals surface area contributed by atoms with Gasteiger partial charge in [-0.3, -0.25) is 0 Å². The average Bonchev–Trinajstić information content (AvgIpc) is 2.27. The fourth-order valence-electron chi connectivity index (χ4n) is 1.82. The molecule has 0 aromatic heterocycles. The van der Waals surface area contributed by atoms with Crippen molar-refractivity contribution in [3.05, 3.63) is 34.9 Å². The molecule has 0 saturated carbocycles. The Bertz CT molecular complexity index is 392. The zero-order valence-electron chi connectivity index (χ0n) is 8.69. The Hall–Kier alpha value is -0.551. The number of hydrogen-bond acceptors (Lipinski definition) is 3. The Morgan fingerprint density at radius 1 is 1.47 bits per heavy atom. The molecule has 0 aliphatic carbocycles. The molecule has 1 heterocycles. The Kier molecular flexibility index (Phi) is 3.31. The predicted molar refractivity (Wildman–Crippen MR) is 59.0 cm³/mol. The zero-order chi connectivity index (χ0) is 10.8. The van der Waals surface area contributed by atoms with Crippen molar-refractivity contribution in [1.82, 2.24) is 3.12 Å². The number of ether oxygens (including phenoxy) is 1. The van der Waals surface area contributed by atoms with Gasteiger partial charge in [0, 0.05) is 0 Å². The Labute approximate surface area is 103 Å². The van der Waals surface area contributed by atoms with Gasteiger partial charge in [-0.25, -0.2) is 0 Å². The third-order valence-electron chi connectivity index (χ3n) is 2.67. The number of benzene rings is 1. The van der Waals surface area contributed by atoms with Crippen LogP contribution in [-0.2, 0) is 17.7 Å². The molecule has 0 atom stereocenters. The fraction of sp³-hybridized carbons (Fsp3) is 0.364. The summed E-state index contributed by atoms with van der Waals surface area (Å²) in [5, 5.41) is 0. The Balaban J connectivity index is 2.32. The number of fused-ring (bicyclic) bond motifs is 1. The Morgan fingerprint density at radius 3 is 3.00 bits per heavy atom. The maximum atomic E-state index is 11.4. The van der Waals surface area contributed by atoms with Crippen molar-refractivity contribution in [2.24, 2.45) is 0 Å². The van der Waals surface area contributed by atoms with Gasteiger partial charge in [0.1, 0.15) is 0 Å². The number of carbonyl (C=O) groups is 1. The van der Waals surface area contributed by atoms with Crippen LogP contribution in [0.5, 0.6) is 0 Å². The van der Waals surface area contributed by atoms with Gasteiger partial charge in [-0.15, -0.1) is 0 Å². The van der Waals surface area contributed by atoms with Crippen LogP contribution in [0.3, 0.4) is 0 Å². The van der Waals surface area contributed by atoms with Crippen LogP contribution in [0.1, 0.15) is 21.5 Å². The second-order valence-electron chi connectivity index (χ2n) is 3.70. The second kappa shape index (κ2) is 4.53. The molecular weight excluding hydrogens is 297 g/mol. The molecular formula is C11H13NO2Sn. The molecule has 1 aromatic carbocycles. The van der Waals surface area contributed by atoms with Crippen molar-refractivity contribution >= 4 is 28.8 Å². The normalized spacial score (nSPS) is 15.9. The van der Waals surface area contributed by atoms with Crippen LogP contribution >= 0.6 is 0 Å². The molecule has 15 heavy (non-hydrogen) atoms. The van der Waals surface area contributed by atoms with E-state index >= 15 is 0 Å². The quantitative estimate of drug-likeness (QED) is 0.563. The number of rotatable bonds is 1. The van der Waals surface area contributed by atoms with E-state index in [2.05, 4.69) is 9.19 Å². The topological polar surface area (TPSA) is 29.5 Å². The molecule has 0 saturated heterocycles. The van der Waals surface area contributed by atoms with Crippen molar-refractivity contribution in [3.8, 4) is 0 Å². The molecule has 4 heteroatoms. The minimum absolute atomic E-state index is 0.248. The minimum atomic E-state index is -0.248. The molecule has 2 rings (SSSR count). The third kappa shape index (κ3) is 2.34. The van der Waals surface area contributed by atoms with E-state index in [1.807, 2.05) is 12.1 Å². The summed E-state index contributed by atoms with van der Waals surface area (Å²) in [5.41, 5.74) is 3.30. The molecule has 0 N–H and O–H groups in total. The van der Waals surface area contributed by atoms with Gasteiger partial charge in [0.05, 0.1) is 0 Å². The number of nitrogens with zero attached hydrogens (tertiary/aromatic N) is 1. The van der Waals surface area contributed by atoms with Crippen molar-refractivity contribution in [1.29, 1.82) is 0 Å². The van der Waals surface area contributed by atoms with Crippen molar-refractivity contribution in [3.63, 3.8) is 0 Å². The van der Waals surface area contributed by atoms with Crippen LogP contribution in [0.2, 0.25) is 0 Å². The van der Waals surface area contributed by atoms with Crippen molar-refractivity contribution in [2.45, 2.75) is 13.0 Å². The van der Waals surface area contributed by atoms with Crippen LogP contribution in [0.25, 0.3) is 0 Å². The van der Waals surface area contributed by atoms with Gasteiger partial charge in [0.25, 0.3) is 0 Å². The van der Waals surface area contributed by atoms with Crippen LogP contribution < -0.4 is 0 Å². The van der Waals surface area contributed by atoms with E-state index in [1.165, 1.54) is 18.2 Å².